The van der Waals surface area contributed by atoms with Crippen molar-refractivity contribution < 1.29 is 9.53 Å². The molecule has 0 spiro atoms. The second-order valence-electron chi connectivity index (χ2n) is 4.79. The molecule has 1 aromatic heterocycles. The molecule has 98 valence electrons. The van der Waals surface area contributed by atoms with E-state index in [0.29, 0.717) is 23.9 Å². The summed E-state index contributed by atoms with van der Waals surface area (Å²) in [5.41, 5.74) is 1.39. The van der Waals surface area contributed by atoms with Gasteiger partial charge < -0.3 is 10.1 Å². The average molecular weight is 269 g/mol. The van der Waals surface area contributed by atoms with E-state index in [2.05, 4.69) is 10.3 Å². The van der Waals surface area contributed by atoms with Crippen LogP contribution in [-0.4, -0.2) is 30.1 Å². The third-order valence-corrected chi connectivity index (χ3v) is 3.13. The van der Waals surface area contributed by atoms with E-state index in [1.54, 1.807) is 12.1 Å². The summed E-state index contributed by atoms with van der Waals surface area (Å²) < 4.78 is 5.23. The number of carbonyl (C=O) groups is 1. The molecule has 1 unspecified atom stereocenters. The Morgan fingerprint density at radius 1 is 1.56 bits per heavy atom. The molecule has 1 atom stereocenters. The van der Waals surface area contributed by atoms with Gasteiger partial charge in [0.25, 0.3) is 5.91 Å². The third-order valence-electron chi connectivity index (χ3n) is 2.93. The molecule has 1 aliphatic rings. The molecule has 2 heterocycles. The Bertz CT molecular complexity index is 443. The van der Waals surface area contributed by atoms with Crippen LogP contribution in [0.15, 0.2) is 12.1 Å². The fraction of sp³-hybridized carbons (Fsp3) is 0.538. The van der Waals surface area contributed by atoms with E-state index in [0.717, 1.165) is 12.1 Å². The van der Waals surface area contributed by atoms with Crippen LogP contribution >= 0.6 is 11.6 Å². The average Bonchev–Trinajstić information content (AvgIpc) is 2.80. The van der Waals surface area contributed by atoms with E-state index >= 15 is 0 Å². The zero-order chi connectivity index (χ0) is 13.1. The van der Waals surface area contributed by atoms with Crippen LogP contribution in [0.2, 0.25) is 5.15 Å². The molecule has 5 heteroatoms. The summed E-state index contributed by atoms with van der Waals surface area (Å²) in [6.07, 6.45) is 0.863. The number of ether oxygens (including phenoxy) is 1. The number of amides is 1. The normalized spacial score (nSPS) is 19.2. The van der Waals surface area contributed by atoms with Gasteiger partial charge in [0.05, 0.1) is 12.6 Å². The van der Waals surface area contributed by atoms with Crippen molar-refractivity contribution >= 4 is 17.5 Å². The summed E-state index contributed by atoms with van der Waals surface area (Å²) in [5.74, 6) is 0.127. The van der Waals surface area contributed by atoms with Crippen LogP contribution in [0.3, 0.4) is 0 Å². The van der Waals surface area contributed by atoms with Crippen molar-refractivity contribution in [2.75, 3.05) is 13.2 Å². The van der Waals surface area contributed by atoms with Crippen molar-refractivity contribution in [2.24, 2.45) is 0 Å². The van der Waals surface area contributed by atoms with E-state index in [-0.39, 0.29) is 17.9 Å². The van der Waals surface area contributed by atoms with Gasteiger partial charge in [-0.05, 0) is 24.5 Å². The van der Waals surface area contributed by atoms with Gasteiger partial charge >= 0.3 is 0 Å². The summed E-state index contributed by atoms with van der Waals surface area (Å²) in [6, 6.07) is 3.49. The largest absolute Gasteiger partial charge is 0.379 e. The van der Waals surface area contributed by atoms with Gasteiger partial charge in [0, 0.05) is 17.9 Å². The summed E-state index contributed by atoms with van der Waals surface area (Å²) in [6.45, 7) is 5.33. The molecule has 1 aromatic rings. The molecule has 1 N–H and O–H groups in total. The molecule has 0 aromatic carbocycles. The molecule has 0 radical (unpaired) electrons. The SMILES string of the molecule is CC(C)c1cc(C(=O)NC2CCOC2)cc(Cl)n1. The van der Waals surface area contributed by atoms with E-state index in [1.165, 1.54) is 0 Å². The zero-order valence-corrected chi connectivity index (χ0v) is 11.3. The van der Waals surface area contributed by atoms with Crippen LogP contribution in [0.25, 0.3) is 0 Å². The van der Waals surface area contributed by atoms with Gasteiger partial charge in [-0.2, -0.15) is 0 Å². The summed E-state index contributed by atoms with van der Waals surface area (Å²) in [7, 11) is 0. The van der Waals surface area contributed by atoms with Crippen LogP contribution in [0.4, 0.5) is 0 Å². The summed E-state index contributed by atoms with van der Waals surface area (Å²) >= 11 is 5.94. The van der Waals surface area contributed by atoms with Gasteiger partial charge in [-0.15, -0.1) is 0 Å². The van der Waals surface area contributed by atoms with Crippen molar-refractivity contribution in [1.29, 1.82) is 0 Å². The second-order valence-corrected chi connectivity index (χ2v) is 5.18. The fourth-order valence-electron chi connectivity index (χ4n) is 1.86. The Kier molecular flexibility index (Phi) is 4.19. The minimum absolute atomic E-state index is 0.104. The number of rotatable bonds is 3. The monoisotopic (exact) mass is 268 g/mol. The molecule has 0 saturated carbocycles. The van der Waals surface area contributed by atoms with Crippen molar-refractivity contribution in [2.45, 2.75) is 32.2 Å². The lowest BCUT2D eigenvalue weighted by Crippen LogP contribution is -2.35. The predicted octanol–water partition coefficient (Wildman–Crippen LogP) is 2.38. The van der Waals surface area contributed by atoms with E-state index < -0.39 is 0 Å². The van der Waals surface area contributed by atoms with Crippen LogP contribution < -0.4 is 5.32 Å². The van der Waals surface area contributed by atoms with Gasteiger partial charge in [-0.1, -0.05) is 25.4 Å². The van der Waals surface area contributed by atoms with Crippen LogP contribution in [-0.2, 0) is 4.74 Å². The lowest BCUT2D eigenvalue weighted by molar-refractivity contribution is 0.0929. The Balaban J connectivity index is 2.13. The Morgan fingerprint density at radius 3 is 2.94 bits per heavy atom. The maximum Gasteiger partial charge on any atom is 0.251 e. The highest BCUT2D eigenvalue weighted by molar-refractivity contribution is 6.29. The van der Waals surface area contributed by atoms with Gasteiger partial charge in [-0.25, -0.2) is 4.98 Å². The van der Waals surface area contributed by atoms with Gasteiger partial charge in [0.15, 0.2) is 0 Å². The van der Waals surface area contributed by atoms with Gasteiger partial charge in [-0.3, -0.25) is 4.79 Å². The first-order valence-corrected chi connectivity index (χ1v) is 6.50. The highest BCUT2D eigenvalue weighted by Gasteiger charge is 2.19. The zero-order valence-electron chi connectivity index (χ0n) is 10.6. The molecule has 4 nitrogen and oxygen atoms in total. The molecule has 1 fully saturated rings. The second kappa shape index (κ2) is 5.67. The first-order chi connectivity index (χ1) is 8.56. The Hall–Kier alpha value is -1.13. The highest BCUT2D eigenvalue weighted by atomic mass is 35.5. The van der Waals surface area contributed by atoms with E-state index in [4.69, 9.17) is 16.3 Å². The van der Waals surface area contributed by atoms with Crippen LogP contribution in [0, 0.1) is 0 Å². The first kappa shape index (κ1) is 13.3. The standard InChI is InChI=1S/C13H17ClN2O2/c1-8(2)11-5-9(6-12(14)16-11)13(17)15-10-3-4-18-7-10/h5-6,8,10H,3-4,7H2,1-2H3,(H,15,17). The summed E-state index contributed by atoms with van der Waals surface area (Å²) in [4.78, 5) is 16.3. The number of nitrogens with one attached hydrogen (secondary N) is 1. The Labute approximate surface area is 112 Å². The van der Waals surface area contributed by atoms with Crippen molar-refractivity contribution in [1.82, 2.24) is 10.3 Å². The predicted molar refractivity (Wildman–Crippen MR) is 70.0 cm³/mol. The topological polar surface area (TPSA) is 51.2 Å². The third kappa shape index (κ3) is 3.21. The molecule has 0 bridgehead atoms. The highest BCUT2D eigenvalue weighted by Crippen LogP contribution is 2.18. The van der Waals surface area contributed by atoms with E-state index in [1.807, 2.05) is 13.8 Å². The number of hydrogen-bond donors (Lipinski definition) is 1. The van der Waals surface area contributed by atoms with Crippen molar-refractivity contribution in [3.05, 3.63) is 28.5 Å². The molecular formula is C13H17ClN2O2. The molecule has 1 saturated heterocycles. The molecule has 2 rings (SSSR count). The first-order valence-electron chi connectivity index (χ1n) is 6.12. The van der Waals surface area contributed by atoms with Crippen LogP contribution in [0.1, 0.15) is 42.2 Å². The van der Waals surface area contributed by atoms with Crippen LogP contribution in [0.5, 0.6) is 0 Å². The quantitative estimate of drug-likeness (QED) is 0.857. The number of pyridine rings is 1. The minimum Gasteiger partial charge on any atom is -0.379 e. The van der Waals surface area contributed by atoms with Gasteiger partial charge in [0.1, 0.15) is 5.15 Å². The summed E-state index contributed by atoms with van der Waals surface area (Å²) in [5, 5.41) is 3.29. The molecule has 18 heavy (non-hydrogen) atoms. The smallest absolute Gasteiger partial charge is 0.251 e. The maximum absolute atomic E-state index is 12.1. The molecule has 1 aliphatic heterocycles. The Morgan fingerprint density at radius 2 is 2.33 bits per heavy atom. The number of aromatic nitrogens is 1. The number of hydrogen-bond acceptors (Lipinski definition) is 3. The minimum atomic E-state index is -0.114. The van der Waals surface area contributed by atoms with Gasteiger partial charge in [0.2, 0.25) is 0 Å². The van der Waals surface area contributed by atoms with E-state index in [9.17, 15) is 4.79 Å². The van der Waals surface area contributed by atoms with Crippen molar-refractivity contribution in [3.63, 3.8) is 0 Å². The lowest BCUT2D eigenvalue weighted by Gasteiger charge is -2.12. The molecular weight excluding hydrogens is 252 g/mol. The lowest BCUT2D eigenvalue weighted by atomic mass is 10.1. The number of carbonyl (C=O) groups excluding carboxylic acids is 1. The van der Waals surface area contributed by atoms with Crippen molar-refractivity contribution in [3.8, 4) is 0 Å². The molecule has 1 amide bonds. The molecule has 0 aliphatic carbocycles. The number of halogens is 1. The number of nitrogens with zero attached hydrogens (tertiary/aromatic N) is 1. The maximum atomic E-state index is 12.1. The fourth-order valence-corrected chi connectivity index (χ4v) is 2.08.